The highest BCUT2D eigenvalue weighted by Crippen LogP contribution is 2.17. The summed E-state index contributed by atoms with van der Waals surface area (Å²) in [4.78, 5) is 14.7. The van der Waals surface area contributed by atoms with Gasteiger partial charge in [0.25, 0.3) is 0 Å². The summed E-state index contributed by atoms with van der Waals surface area (Å²) in [6.45, 7) is 1.94. The summed E-state index contributed by atoms with van der Waals surface area (Å²) < 4.78 is 0. The maximum Gasteiger partial charge on any atom is 0.168 e. The lowest BCUT2D eigenvalue weighted by atomic mass is 10.2. The molecule has 2 aromatic rings. The molecule has 1 N–H and O–H groups in total. The zero-order valence-electron chi connectivity index (χ0n) is 7.69. The molecule has 0 saturated heterocycles. The maximum atomic E-state index is 10.5. The second-order valence-electron chi connectivity index (χ2n) is 2.98. The first-order valence-electron chi connectivity index (χ1n) is 4.24. The van der Waals surface area contributed by atoms with E-state index in [2.05, 4.69) is 15.2 Å². The van der Waals surface area contributed by atoms with E-state index in [-0.39, 0.29) is 0 Å². The molecule has 70 valence electrons. The smallest absolute Gasteiger partial charge is 0.168 e. The third-order valence-electron chi connectivity index (χ3n) is 1.96. The van der Waals surface area contributed by atoms with E-state index in [1.165, 1.54) is 0 Å². The lowest BCUT2D eigenvalue weighted by molar-refractivity contribution is 0.111. The van der Waals surface area contributed by atoms with E-state index in [9.17, 15) is 4.79 Å². The van der Waals surface area contributed by atoms with E-state index < -0.39 is 0 Å². The van der Waals surface area contributed by atoms with Crippen LogP contribution in [-0.2, 0) is 0 Å². The monoisotopic (exact) mass is 187 g/mol. The van der Waals surface area contributed by atoms with Gasteiger partial charge in [0.1, 0.15) is 11.4 Å². The Kier molecular flexibility index (Phi) is 2.10. The van der Waals surface area contributed by atoms with Crippen LogP contribution in [-0.4, -0.2) is 21.5 Å². The van der Waals surface area contributed by atoms with Gasteiger partial charge in [-0.1, -0.05) is 6.07 Å². The number of pyridine rings is 1. The number of aromatic amines is 1. The van der Waals surface area contributed by atoms with Crippen molar-refractivity contribution in [2.45, 2.75) is 6.92 Å². The van der Waals surface area contributed by atoms with Gasteiger partial charge in [-0.2, -0.15) is 5.10 Å². The van der Waals surface area contributed by atoms with Crippen molar-refractivity contribution in [3.63, 3.8) is 0 Å². The normalized spacial score (nSPS) is 10.1. The standard InChI is InChI=1S/C10H9N3O/c1-7-5-11-13-10(7)9-4-2-3-8(6-14)12-9/h2-6H,1H3,(H,11,13). The molecule has 0 unspecified atom stereocenters. The number of aldehydes is 1. The first-order chi connectivity index (χ1) is 6.81. The largest absolute Gasteiger partial charge is 0.296 e. The van der Waals surface area contributed by atoms with E-state index >= 15 is 0 Å². The second kappa shape index (κ2) is 3.41. The Morgan fingerprint density at radius 3 is 2.93 bits per heavy atom. The zero-order valence-corrected chi connectivity index (χ0v) is 7.69. The van der Waals surface area contributed by atoms with Crippen LogP contribution in [0.2, 0.25) is 0 Å². The van der Waals surface area contributed by atoms with Crippen molar-refractivity contribution >= 4 is 6.29 Å². The lowest BCUT2D eigenvalue weighted by Gasteiger charge is -1.97. The average molecular weight is 187 g/mol. The van der Waals surface area contributed by atoms with Gasteiger partial charge in [0.2, 0.25) is 0 Å². The van der Waals surface area contributed by atoms with Crippen LogP contribution in [0.4, 0.5) is 0 Å². The summed E-state index contributed by atoms with van der Waals surface area (Å²) in [6, 6.07) is 5.29. The summed E-state index contributed by atoms with van der Waals surface area (Å²) in [5.74, 6) is 0. The number of aryl methyl sites for hydroxylation is 1. The average Bonchev–Trinajstić information content (AvgIpc) is 2.65. The molecule has 0 bridgehead atoms. The molecule has 0 amide bonds. The fourth-order valence-electron chi connectivity index (χ4n) is 1.26. The number of carbonyl (C=O) groups is 1. The van der Waals surface area contributed by atoms with Crippen molar-refractivity contribution < 1.29 is 4.79 Å². The highest BCUT2D eigenvalue weighted by atomic mass is 16.1. The summed E-state index contributed by atoms with van der Waals surface area (Å²) >= 11 is 0. The van der Waals surface area contributed by atoms with E-state index in [4.69, 9.17) is 0 Å². The summed E-state index contributed by atoms with van der Waals surface area (Å²) in [5, 5.41) is 6.81. The molecule has 0 radical (unpaired) electrons. The van der Waals surface area contributed by atoms with Crippen LogP contribution in [0.15, 0.2) is 24.4 Å². The minimum atomic E-state index is 0.421. The third-order valence-corrected chi connectivity index (χ3v) is 1.96. The number of hydrogen-bond donors (Lipinski definition) is 1. The third kappa shape index (κ3) is 1.42. The van der Waals surface area contributed by atoms with Crippen molar-refractivity contribution in [3.05, 3.63) is 35.7 Å². The van der Waals surface area contributed by atoms with Crippen LogP contribution in [0.3, 0.4) is 0 Å². The summed E-state index contributed by atoms with van der Waals surface area (Å²) in [5.41, 5.74) is 2.94. The lowest BCUT2D eigenvalue weighted by Crippen LogP contribution is -1.90. The molecule has 0 aliphatic heterocycles. The molecule has 0 aromatic carbocycles. The van der Waals surface area contributed by atoms with E-state index in [1.807, 2.05) is 13.0 Å². The van der Waals surface area contributed by atoms with Crippen LogP contribution in [0.1, 0.15) is 16.1 Å². The highest BCUT2D eigenvalue weighted by Gasteiger charge is 2.05. The molecule has 2 heterocycles. The fraction of sp³-hybridized carbons (Fsp3) is 0.100. The molecule has 0 spiro atoms. The molecular formula is C10H9N3O. The Balaban J connectivity index is 2.52. The minimum Gasteiger partial charge on any atom is -0.296 e. The second-order valence-corrected chi connectivity index (χ2v) is 2.98. The van der Waals surface area contributed by atoms with Gasteiger partial charge < -0.3 is 0 Å². The van der Waals surface area contributed by atoms with Gasteiger partial charge in [0, 0.05) is 6.20 Å². The Hall–Kier alpha value is -1.97. The van der Waals surface area contributed by atoms with Gasteiger partial charge >= 0.3 is 0 Å². The van der Waals surface area contributed by atoms with Crippen LogP contribution in [0, 0.1) is 6.92 Å². The number of nitrogens with one attached hydrogen (secondary N) is 1. The Labute approximate surface area is 81.0 Å². The van der Waals surface area contributed by atoms with E-state index in [0.717, 1.165) is 17.5 Å². The first-order valence-corrected chi connectivity index (χ1v) is 4.24. The number of hydrogen-bond acceptors (Lipinski definition) is 3. The van der Waals surface area contributed by atoms with Crippen LogP contribution >= 0.6 is 0 Å². The molecule has 14 heavy (non-hydrogen) atoms. The first kappa shape index (κ1) is 8.62. The van der Waals surface area contributed by atoms with Gasteiger partial charge in [0.05, 0.1) is 5.69 Å². The molecule has 0 aliphatic carbocycles. The molecule has 2 rings (SSSR count). The quantitative estimate of drug-likeness (QED) is 0.726. The Bertz CT molecular complexity index is 462. The highest BCUT2D eigenvalue weighted by molar-refractivity contribution is 5.73. The number of H-pyrrole nitrogens is 1. The van der Waals surface area contributed by atoms with Crippen molar-refractivity contribution in [2.75, 3.05) is 0 Å². The molecular weight excluding hydrogens is 178 g/mol. The summed E-state index contributed by atoms with van der Waals surface area (Å²) in [6.07, 6.45) is 2.52. The molecule has 0 fully saturated rings. The SMILES string of the molecule is Cc1c[nH]nc1-c1cccc(C=O)n1. The zero-order chi connectivity index (χ0) is 9.97. The Morgan fingerprint density at radius 2 is 2.29 bits per heavy atom. The van der Waals surface area contributed by atoms with Crippen LogP contribution in [0.25, 0.3) is 11.4 Å². The molecule has 0 atom stereocenters. The molecule has 0 aliphatic rings. The summed E-state index contributed by atoms with van der Waals surface area (Å²) in [7, 11) is 0. The topological polar surface area (TPSA) is 58.6 Å². The molecule has 4 heteroatoms. The van der Waals surface area contributed by atoms with Gasteiger partial charge in [-0.15, -0.1) is 0 Å². The number of rotatable bonds is 2. The predicted molar refractivity (Wildman–Crippen MR) is 51.9 cm³/mol. The number of aromatic nitrogens is 3. The maximum absolute atomic E-state index is 10.5. The molecule has 0 saturated carbocycles. The van der Waals surface area contributed by atoms with Gasteiger partial charge in [-0.3, -0.25) is 9.89 Å². The van der Waals surface area contributed by atoms with E-state index in [1.54, 1.807) is 18.3 Å². The van der Waals surface area contributed by atoms with Gasteiger partial charge in [-0.05, 0) is 24.6 Å². The van der Waals surface area contributed by atoms with Crippen molar-refractivity contribution in [2.24, 2.45) is 0 Å². The molecule has 2 aromatic heterocycles. The van der Waals surface area contributed by atoms with Gasteiger partial charge in [-0.25, -0.2) is 4.98 Å². The van der Waals surface area contributed by atoms with Crippen molar-refractivity contribution in [1.82, 2.24) is 15.2 Å². The van der Waals surface area contributed by atoms with Crippen molar-refractivity contribution in [1.29, 1.82) is 0 Å². The predicted octanol–water partition coefficient (Wildman–Crippen LogP) is 1.59. The van der Waals surface area contributed by atoms with Gasteiger partial charge in [0.15, 0.2) is 6.29 Å². The van der Waals surface area contributed by atoms with Crippen LogP contribution < -0.4 is 0 Å². The minimum absolute atomic E-state index is 0.421. The molecule has 4 nitrogen and oxygen atoms in total. The number of nitrogens with zero attached hydrogens (tertiary/aromatic N) is 2. The fourth-order valence-corrected chi connectivity index (χ4v) is 1.26. The Morgan fingerprint density at radius 1 is 1.43 bits per heavy atom. The van der Waals surface area contributed by atoms with Crippen LogP contribution in [0.5, 0.6) is 0 Å². The number of carbonyl (C=O) groups excluding carboxylic acids is 1. The van der Waals surface area contributed by atoms with Crippen molar-refractivity contribution in [3.8, 4) is 11.4 Å². The van der Waals surface area contributed by atoms with E-state index in [0.29, 0.717) is 11.4 Å².